The summed E-state index contributed by atoms with van der Waals surface area (Å²) >= 11 is 0. The Balaban J connectivity index is 2.04. The summed E-state index contributed by atoms with van der Waals surface area (Å²) in [5, 5.41) is 0. The molecule has 1 aromatic heterocycles. The van der Waals surface area contributed by atoms with Gasteiger partial charge in [-0.3, -0.25) is 4.79 Å². The van der Waals surface area contributed by atoms with Crippen LogP contribution >= 0.6 is 0 Å². The number of nitrogens with zero attached hydrogens (tertiary/aromatic N) is 1. The van der Waals surface area contributed by atoms with Crippen LogP contribution in [0.1, 0.15) is 12.5 Å². The van der Waals surface area contributed by atoms with E-state index in [2.05, 4.69) is 16.0 Å². The van der Waals surface area contributed by atoms with Gasteiger partial charge in [-0.15, -0.1) is 0 Å². The van der Waals surface area contributed by atoms with E-state index in [1.807, 2.05) is 25.1 Å². The number of fused-ring (bicyclic) bond motifs is 1. The van der Waals surface area contributed by atoms with Gasteiger partial charge in [-0.05, 0) is 42.8 Å². The van der Waals surface area contributed by atoms with Crippen LogP contribution in [0.3, 0.4) is 0 Å². The quantitative estimate of drug-likeness (QED) is 0.593. The highest BCUT2D eigenvalue weighted by Gasteiger charge is 2.11. The number of ether oxygens (including phenoxy) is 2. The van der Waals surface area contributed by atoms with E-state index in [9.17, 15) is 4.79 Å². The monoisotopic (exact) mass is 296 g/mol. The molecule has 0 unspecified atom stereocenters. The van der Waals surface area contributed by atoms with E-state index in [0.717, 1.165) is 22.4 Å². The molecule has 0 radical (unpaired) electrons. The van der Waals surface area contributed by atoms with Crippen molar-refractivity contribution in [2.45, 2.75) is 13.8 Å². The number of hydrogen-bond donors (Lipinski definition) is 1. The zero-order valence-electron chi connectivity index (χ0n) is 12.6. The largest absolute Gasteiger partial charge is 0.493 e. The molecule has 1 N–H and O–H groups in total. The number of aromatic nitrogens is 2. The Kier molecular flexibility index (Phi) is 3.55. The van der Waals surface area contributed by atoms with Gasteiger partial charge >= 0.3 is 5.97 Å². The zero-order valence-corrected chi connectivity index (χ0v) is 12.6. The van der Waals surface area contributed by atoms with Gasteiger partial charge < -0.3 is 14.5 Å². The van der Waals surface area contributed by atoms with Gasteiger partial charge in [0.1, 0.15) is 5.82 Å². The lowest BCUT2D eigenvalue weighted by Crippen LogP contribution is -2.03. The highest BCUT2D eigenvalue weighted by atomic mass is 16.6. The molecule has 0 bridgehead atoms. The molecule has 0 saturated heterocycles. The Hall–Kier alpha value is -2.82. The number of nitrogens with one attached hydrogen (secondary N) is 1. The van der Waals surface area contributed by atoms with Crippen LogP contribution in [0.2, 0.25) is 0 Å². The number of hydrogen-bond acceptors (Lipinski definition) is 4. The molecule has 0 amide bonds. The SMILES string of the molecule is COc1cc(-c2nc3ccc(C)cc3[nH]2)ccc1OC(C)=O. The highest BCUT2D eigenvalue weighted by Crippen LogP contribution is 2.32. The van der Waals surface area contributed by atoms with Crippen LogP contribution in [0.4, 0.5) is 0 Å². The molecule has 0 fully saturated rings. The van der Waals surface area contributed by atoms with Crippen LogP contribution in [0.15, 0.2) is 36.4 Å². The molecule has 3 rings (SSSR count). The van der Waals surface area contributed by atoms with Gasteiger partial charge in [-0.2, -0.15) is 0 Å². The zero-order chi connectivity index (χ0) is 15.7. The Labute approximate surface area is 127 Å². The fourth-order valence-electron chi connectivity index (χ4n) is 2.31. The molecule has 112 valence electrons. The normalized spacial score (nSPS) is 10.7. The molecular formula is C17H16N2O3. The number of imidazole rings is 1. The van der Waals surface area contributed by atoms with Crippen LogP contribution in [-0.2, 0) is 4.79 Å². The van der Waals surface area contributed by atoms with Gasteiger partial charge in [-0.25, -0.2) is 4.98 Å². The molecule has 22 heavy (non-hydrogen) atoms. The molecule has 0 saturated carbocycles. The first-order chi connectivity index (χ1) is 10.6. The molecule has 5 nitrogen and oxygen atoms in total. The lowest BCUT2D eigenvalue weighted by Gasteiger charge is -2.08. The molecule has 0 spiro atoms. The van der Waals surface area contributed by atoms with Gasteiger partial charge in [-0.1, -0.05) is 6.07 Å². The number of carbonyl (C=O) groups excluding carboxylic acids is 1. The number of H-pyrrole nitrogens is 1. The number of carbonyl (C=O) groups is 1. The first-order valence-electron chi connectivity index (χ1n) is 6.90. The van der Waals surface area contributed by atoms with Crippen LogP contribution < -0.4 is 9.47 Å². The summed E-state index contributed by atoms with van der Waals surface area (Å²) in [4.78, 5) is 19.0. The van der Waals surface area contributed by atoms with Crippen molar-refractivity contribution in [2.24, 2.45) is 0 Å². The number of rotatable bonds is 3. The van der Waals surface area contributed by atoms with E-state index in [1.165, 1.54) is 19.6 Å². The first-order valence-corrected chi connectivity index (χ1v) is 6.90. The summed E-state index contributed by atoms with van der Waals surface area (Å²) in [7, 11) is 1.54. The van der Waals surface area contributed by atoms with Crippen LogP contribution in [-0.4, -0.2) is 23.0 Å². The number of methoxy groups -OCH3 is 1. The molecule has 0 aliphatic carbocycles. The lowest BCUT2D eigenvalue weighted by atomic mass is 10.2. The summed E-state index contributed by atoms with van der Waals surface area (Å²) in [6.45, 7) is 3.39. The van der Waals surface area contributed by atoms with Crippen molar-refractivity contribution in [3.05, 3.63) is 42.0 Å². The summed E-state index contributed by atoms with van der Waals surface area (Å²) in [6, 6.07) is 11.4. The number of aromatic amines is 1. The summed E-state index contributed by atoms with van der Waals surface area (Å²) in [5.41, 5.74) is 3.92. The minimum atomic E-state index is -0.384. The third kappa shape index (κ3) is 2.65. The lowest BCUT2D eigenvalue weighted by molar-refractivity contribution is -0.132. The van der Waals surface area contributed by atoms with Crippen molar-refractivity contribution < 1.29 is 14.3 Å². The summed E-state index contributed by atoms with van der Waals surface area (Å²) in [6.07, 6.45) is 0. The Morgan fingerprint density at radius 2 is 1.95 bits per heavy atom. The number of aryl methyl sites for hydroxylation is 1. The maximum atomic E-state index is 11.1. The van der Waals surface area contributed by atoms with Gasteiger partial charge in [0, 0.05) is 12.5 Å². The fraction of sp³-hybridized carbons (Fsp3) is 0.176. The van der Waals surface area contributed by atoms with Crippen molar-refractivity contribution in [1.82, 2.24) is 9.97 Å². The van der Waals surface area contributed by atoms with E-state index < -0.39 is 0 Å². The summed E-state index contributed by atoms with van der Waals surface area (Å²) in [5.74, 6) is 1.24. The molecule has 3 aromatic rings. The van der Waals surface area contributed by atoms with Crippen molar-refractivity contribution in [2.75, 3.05) is 7.11 Å². The summed E-state index contributed by atoms with van der Waals surface area (Å²) < 4.78 is 10.4. The number of esters is 1. The molecule has 0 aliphatic rings. The van der Waals surface area contributed by atoms with Gasteiger partial charge in [0.05, 0.1) is 18.1 Å². The number of benzene rings is 2. The standard InChI is InChI=1S/C17H16N2O3/c1-10-4-6-13-14(8-10)19-17(18-13)12-5-7-15(22-11(2)20)16(9-12)21-3/h4-9H,1-3H3,(H,18,19). The topological polar surface area (TPSA) is 64.2 Å². The van der Waals surface area contributed by atoms with E-state index in [1.54, 1.807) is 12.1 Å². The van der Waals surface area contributed by atoms with E-state index in [0.29, 0.717) is 11.5 Å². The first kappa shape index (κ1) is 14.1. The van der Waals surface area contributed by atoms with Gasteiger partial charge in [0.2, 0.25) is 0 Å². The van der Waals surface area contributed by atoms with Gasteiger partial charge in [0.15, 0.2) is 11.5 Å². The van der Waals surface area contributed by atoms with Crippen molar-refractivity contribution in [3.8, 4) is 22.9 Å². The maximum absolute atomic E-state index is 11.1. The molecule has 1 heterocycles. The molecule has 0 aliphatic heterocycles. The molecule has 5 heteroatoms. The maximum Gasteiger partial charge on any atom is 0.308 e. The Morgan fingerprint density at radius 3 is 2.68 bits per heavy atom. The second kappa shape index (κ2) is 5.52. The third-order valence-electron chi connectivity index (χ3n) is 3.33. The van der Waals surface area contributed by atoms with Crippen LogP contribution in [0.25, 0.3) is 22.4 Å². The molecular weight excluding hydrogens is 280 g/mol. The Bertz CT molecular complexity index is 852. The Morgan fingerprint density at radius 1 is 1.14 bits per heavy atom. The van der Waals surface area contributed by atoms with E-state index in [4.69, 9.17) is 9.47 Å². The highest BCUT2D eigenvalue weighted by molar-refractivity contribution is 5.80. The second-order valence-electron chi connectivity index (χ2n) is 5.07. The minimum absolute atomic E-state index is 0.384. The van der Waals surface area contributed by atoms with Crippen molar-refractivity contribution >= 4 is 17.0 Å². The second-order valence-corrected chi connectivity index (χ2v) is 5.07. The fourth-order valence-corrected chi connectivity index (χ4v) is 2.31. The van der Waals surface area contributed by atoms with E-state index in [-0.39, 0.29) is 5.97 Å². The predicted octanol–water partition coefficient (Wildman–Crippen LogP) is 3.47. The predicted molar refractivity (Wildman–Crippen MR) is 84.1 cm³/mol. The minimum Gasteiger partial charge on any atom is -0.493 e. The third-order valence-corrected chi connectivity index (χ3v) is 3.33. The smallest absolute Gasteiger partial charge is 0.308 e. The van der Waals surface area contributed by atoms with Crippen molar-refractivity contribution in [1.29, 1.82) is 0 Å². The molecule has 2 aromatic carbocycles. The van der Waals surface area contributed by atoms with E-state index >= 15 is 0 Å². The van der Waals surface area contributed by atoms with Crippen molar-refractivity contribution in [3.63, 3.8) is 0 Å². The van der Waals surface area contributed by atoms with Crippen LogP contribution in [0, 0.1) is 6.92 Å². The van der Waals surface area contributed by atoms with Crippen LogP contribution in [0.5, 0.6) is 11.5 Å². The van der Waals surface area contributed by atoms with Gasteiger partial charge in [0.25, 0.3) is 0 Å². The average molecular weight is 296 g/mol. The average Bonchev–Trinajstić information content (AvgIpc) is 2.90. The molecule has 0 atom stereocenters.